The van der Waals surface area contributed by atoms with Gasteiger partial charge in [0.1, 0.15) is 18.1 Å². The summed E-state index contributed by atoms with van der Waals surface area (Å²) in [5.74, 6) is 1.24. The molecule has 5 aromatic rings. The summed E-state index contributed by atoms with van der Waals surface area (Å²) in [6, 6.07) is 18.8. The molecule has 43 heavy (non-hydrogen) atoms. The minimum absolute atomic E-state index is 0.146. The number of hydrogen-bond acceptors (Lipinski definition) is 8. The van der Waals surface area contributed by atoms with E-state index in [9.17, 15) is 9.59 Å². The van der Waals surface area contributed by atoms with Crippen LogP contribution in [0.5, 0.6) is 11.5 Å². The lowest BCUT2D eigenvalue weighted by Gasteiger charge is -2.26. The minimum atomic E-state index is -0.294. The Balaban J connectivity index is 1.15. The molecule has 2 aliphatic rings. The van der Waals surface area contributed by atoms with Crippen LogP contribution in [0.2, 0.25) is 0 Å². The van der Waals surface area contributed by atoms with Crippen LogP contribution in [0, 0.1) is 5.92 Å². The normalized spacial score (nSPS) is 14.3. The molecule has 1 saturated carbocycles. The van der Waals surface area contributed by atoms with Crippen LogP contribution in [0.25, 0.3) is 22.3 Å². The van der Waals surface area contributed by atoms with Gasteiger partial charge in [0.05, 0.1) is 53.9 Å². The molecule has 2 amide bonds. The maximum absolute atomic E-state index is 12.8. The molecular formula is C33H30N6O4. The Morgan fingerprint density at radius 1 is 0.907 bits per heavy atom. The molecule has 0 radical (unpaired) electrons. The summed E-state index contributed by atoms with van der Waals surface area (Å²) in [6.45, 7) is 1.14. The van der Waals surface area contributed by atoms with Crippen LogP contribution in [0.3, 0.4) is 0 Å². The number of amides is 2. The Hall–Kier alpha value is -5.25. The first-order valence-electron chi connectivity index (χ1n) is 14.3. The van der Waals surface area contributed by atoms with E-state index in [1.165, 1.54) is 17.7 Å². The molecule has 2 aromatic heterocycles. The SMILES string of the molecule is COc1cc(OCCN2C(=O)c3ccccc3C2=O)cc(N(CC2CC2)c2ccc3ncc(-c4cnn(C)c4)nc3c2)c1. The monoisotopic (exact) mass is 574 g/mol. The fourth-order valence-corrected chi connectivity index (χ4v) is 5.39. The van der Waals surface area contributed by atoms with Crippen molar-refractivity contribution in [3.8, 4) is 22.8 Å². The van der Waals surface area contributed by atoms with Gasteiger partial charge in [-0.05, 0) is 49.1 Å². The second-order valence-electron chi connectivity index (χ2n) is 10.9. The molecule has 7 rings (SSSR count). The van der Waals surface area contributed by atoms with E-state index in [2.05, 4.69) is 27.1 Å². The lowest BCUT2D eigenvalue weighted by atomic mass is 10.1. The van der Waals surface area contributed by atoms with Crippen molar-refractivity contribution in [1.82, 2.24) is 24.6 Å². The maximum Gasteiger partial charge on any atom is 0.261 e. The highest BCUT2D eigenvalue weighted by Gasteiger charge is 2.34. The number of methoxy groups -OCH3 is 1. The van der Waals surface area contributed by atoms with Crippen LogP contribution in [-0.2, 0) is 7.05 Å². The predicted molar refractivity (Wildman–Crippen MR) is 162 cm³/mol. The number of nitrogens with zero attached hydrogens (tertiary/aromatic N) is 6. The van der Waals surface area contributed by atoms with Crippen molar-refractivity contribution in [3.63, 3.8) is 0 Å². The average Bonchev–Trinajstić information content (AvgIpc) is 3.71. The van der Waals surface area contributed by atoms with Gasteiger partial charge >= 0.3 is 0 Å². The zero-order valence-corrected chi connectivity index (χ0v) is 23.9. The van der Waals surface area contributed by atoms with Crippen molar-refractivity contribution >= 4 is 34.2 Å². The number of ether oxygens (including phenoxy) is 2. The van der Waals surface area contributed by atoms with Gasteiger partial charge in [-0.2, -0.15) is 5.10 Å². The molecule has 1 aliphatic carbocycles. The highest BCUT2D eigenvalue weighted by molar-refractivity contribution is 6.21. The topological polar surface area (TPSA) is 103 Å². The van der Waals surface area contributed by atoms with Crippen LogP contribution >= 0.6 is 0 Å². The Kier molecular flexibility index (Phi) is 6.73. The van der Waals surface area contributed by atoms with E-state index in [-0.39, 0.29) is 25.0 Å². The number of fused-ring (bicyclic) bond motifs is 2. The summed E-state index contributed by atoms with van der Waals surface area (Å²) < 4.78 is 13.5. The van der Waals surface area contributed by atoms with Crippen molar-refractivity contribution in [2.45, 2.75) is 12.8 Å². The minimum Gasteiger partial charge on any atom is -0.497 e. The lowest BCUT2D eigenvalue weighted by molar-refractivity contribution is 0.0631. The number of carbonyl (C=O) groups is 2. The van der Waals surface area contributed by atoms with Gasteiger partial charge in [0.25, 0.3) is 11.8 Å². The number of anilines is 2. The van der Waals surface area contributed by atoms with Gasteiger partial charge in [-0.15, -0.1) is 0 Å². The second kappa shape index (κ2) is 10.9. The molecule has 0 N–H and O–H groups in total. The van der Waals surface area contributed by atoms with E-state index >= 15 is 0 Å². The molecule has 1 fully saturated rings. The standard InChI is InChI=1S/C33H30N6O4/c1-37-20-22(17-35-37)31-18-34-29-10-9-23(15-30(29)36-31)39(19-21-7-8-21)24-13-25(42-2)16-26(14-24)43-12-11-38-32(40)27-5-3-4-6-28(27)33(38)41/h3-6,9-10,13-18,20-21H,7-8,11-12,19H2,1-2H3. The molecular weight excluding hydrogens is 544 g/mol. The molecule has 0 unspecified atom stereocenters. The van der Waals surface area contributed by atoms with Crippen LogP contribution in [0.1, 0.15) is 33.6 Å². The van der Waals surface area contributed by atoms with E-state index in [0.717, 1.165) is 40.2 Å². The predicted octanol–water partition coefficient (Wildman–Crippen LogP) is 5.26. The number of hydrogen-bond donors (Lipinski definition) is 0. The summed E-state index contributed by atoms with van der Waals surface area (Å²) in [5.41, 5.74) is 6.04. The Bertz CT molecular complexity index is 1830. The van der Waals surface area contributed by atoms with Crippen molar-refractivity contribution in [3.05, 3.63) is 90.4 Å². The lowest BCUT2D eigenvalue weighted by Crippen LogP contribution is -2.33. The smallest absolute Gasteiger partial charge is 0.261 e. The van der Waals surface area contributed by atoms with Crippen molar-refractivity contribution in [2.75, 3.05) is 31.7 Å². The molecule has 3 aromatic carbocycles. The van der Waals surface area contributed by atoms with Crippen LogP contribution < -0.4 is 14.4 Å². The molecule has 216 valence electrons. The zero-order valence-electron chi connectivity index (χ0n) is 23.9. The van der Waals surface area contributed by atoms with Crippen molar-refractivity contribution < 1.29 is 19.1 Å². The van der Waals surface area contributed by atoms with Gasteiger partial charge in [-0.1, -0.05) is 12.1 Å². The number of rotatable bonds is 10. The third-order valence-electron chi connectivity index (χ3n) is 7.85. The van der Waals surface area contributed by atoms with Gasteiger partial charge in [0.2, 0.25) is 0 Å². The number of aromatic nitrogens is 4. The Morgan fingerprint density at radius 2 is 1.67 bits per heavy atom. The van der Waals surface area contributed by atoms with Crippen LogP contribution in [-0.4, -0.2) is 63.3 Å². The zero-order chi connectivity index (χ0) is 29.5. The third-order valence-corrected chi connectivity index (χ3v) is 7.85. The van der Waals surface area contributed by atoms with Gasteiger partial charge in [-0.25, -0.2) is 4.98 Å². The fraction of sp³-hybridized carbons (Fsp3) is 0.242. The summed E-state index contributed by atoms with van der Waals surface area (Å²) in [6.07, 6.45) is 7.84. The number of imide groups is 1. The molecule has 10 nitrogen and oxygen atoms in total. The molecule has 0 bridgehead atoms. The Labute approximate surface area is 248 Å². The number of benzene rings is 3. The van der Waals surface area contributed by atoms with E-state index in [0.29, 0.717) is 28.5 Å². The largest absolute Gasteiger partial charge is 0.497 e. The summed E-state index contributed by atoms with van der Waals surface area (Å²) >= 11 is 0. The first kappa shape index (κ1) is 26.6. The first-order valence-corrected chi connectivity index (χ1v) is 14.3. The summed E-state index contributed by atoms with van der Waals surface area (Å²) in [7, 11) is 3.50. The van der Waals surface area contributed by atoms with Crippen LogP contribution in [0.4, 0.5) is 11.4 Å². The summed E-state index contributed by atoms with van der Waals surface area (Å²) in [5, 5.41) is 4.26. The maximum atomic E-state index is 12.8. The molecule has 0 saturated heterocycles. The molecule has 10 heteroatoms. The van der Waals surface area contributed by atoms with Gasteiger partial charge in [-0.3, -0.25) is 24.2 Å². The number of carbonyl (C=O) groups excluding carboxylic acids is 2. The van der Waals surface area contributed by atoms with Crippen LogP contribution in [0.15, 0.2) is 79.3 Å². The molecule has 1 aliphatic heterocycles. The van der Waals surface area contributed by atoms with Crippen molar-refractivity contribution in [2.24, 2.45) is 13.0 Å². The Morgan fingerprint density at radius 3 is 2.37 bits per heavy atom. The third kappa shape index (κ3) is 5.27. The molecule has 0 spiro atoms. The fourth-order valence-electron chi connectivity index (χ4n) is 5.39. The average molecular weight is 575 g/mol. The highest BCUT2D eigenvalue weighted by atomic mass is 16.5. The van der Waals surface area contributed by atoms with Gasteiger partial charge in [0, 0.05) is 54.9 Å². The van der Waals surface area contributed by atoms with Gasteiger partial charge in [0.15, 0.2) is 0 Å². The first-order chi connectivity index (χ1) is 21.0. The molecule has 0 atom stereocenters. The van der Waals surface area contributed by atoms with E-state index in [1.807, 2.05) is 37.5 Å². The molecule has 3 heterocycles. The highest BCUT2D eigenvalue weighted by Crippen LogP contribution is 2.39. The van der Waals surface area contributed by atoms with E-state index < -0.39 is 0 Å². The second-order valence-corrected chi connectivity index (χ2v) is 10.9. The van der Waals surface area contributed by atoms with Gasteiger partial charge < -0.3 is 14.4 Å². The summed E-state index contributed by atoms with van der Waals surface area (Å²) in [4.78, 5) is 38.6. The quantitative estimate of drug-likeness (QED) is 0.208. The van der Waals surface area contributed by atoms with E-state index in [4.69, 9.17) is 14.5 Å². The van der Waals surface area contributed by atoms with Crippen molar-refractivity contribution in [1.29, 1.82) is 0 Å². The van der Waals surface area contributed by atoms with E-state index in [1.54, 1.807) is 48.5 Å². The number of aryl methyl sites for hydroxylation is 1.